The van der Waals surface area contributed by atoms with Crippen LogP contribution in [0.15, 0.2) is 110 Å². The molecular formula is C25H25N. The van der Waals surface area contributed by atoms with Crippen molar-refractivity contribution in [3.63, 3.8) is 0 Å². The Hall–Kier alpha value is -3.06. The van der Waals surface area contributed by atoms with Crippen molar-refractivity contribution < 1.29 is 0 Å². The van der Waals surface area contributed by atoms with Crippen LogP contribution >= 0.6 is 0 Å². The molecule has 1 nitrogen and oxygen atoms in total. The molecule has 0 saturated heterocycles. The predicted octanol–water partition coefficient (Wildman–Crippen LogP) is 7.22. The molecule has 0 atom stereocenters. The van der Waals surface area contributed by atoms with Gasteiger partial charge in [-0.2, -0.15) is 0 Å². The Bertz CT molecular complexity index is 778. The van der Waals surface area contributed by atoms with Crippen LogP contribution in [0.4, 0.5) is 17.1 Å². The third kappa shape index (κ3) is 4.73. The van der Waals surface area contributed by atoms with Crippen LogP contribution in [0, 0.1) is 0 Å². The summed E-state index contributed by atoms with van der Waals surface area (Å²) in [7, 11) is 0. The number of nitrogens with zero attached hydrogens (tertiary/aromatic N) is 1. The number of unbranched alkanes of at least 4 members (excludes halogenated alkanes) is 1. The average Bonchev–Trinajstić information content (AvgIpc) is 2.71. The van der Waals surface area contributed by atoms with E-state index in [9.17, 15) is 0 Å². The van der Waals surface area contributed by atoms with Crippen LogP contribution < -0.4 is 4.90 Å². The maximum Gasteiger partial charge on any atom is 0.0461 e. The molecule has 0 radical (unpaired) electrons. The van der Waals surface area contributed by atoms with Gasteiger partial charge in [0.2, 0.25) is 0 Å². The molecular weight excluding hydrogens is 314 g/mol. The van der Waals surface area contributed by atoms with Gasteiger partial charge in [0.25, 0.3) is 0 Å². The zero-order valence-electron chi connectivity index (χ0n) is 15.1. The SMILES string of the molecule is C=C/C=C/CCCc1ccc(N(c2ccccc2)c2ccccc2)cc1. The van der Waals surface area contributed by atoms with E-state index < -0.39 is 0 Å². The summed E-state index contributed by atoms with van der Waals surface area (Å²) in [6.07, 6.45) is 9.36. The van der Waals surface area contributed by atoms with Crippen LogP contribution in [0.5, 0.6) is 0 Å². The van der Waals surface area contributed by atoms with E-state index in [1.807, 2.05) is 12.2 Å². The van der Waals surface area contributed by atoms with Gasteiger partial charge in [-0.25, -0.2) is 0 Å². The minimum atomic E-state index is 1.09. The number of benzene rings is 3. The van der Waals surface area contributed by atoms with Crippen molar-refractivity contribution in [2.45, 2.75) is 19.3 Å². The third-order valence-electron chi connectivity index (χ3n) is 4.33. The topological polar surface area (TPSA) is 3.24 Å². The molecule has 0 spiro atoms. The van der Waals surface area contributed by atoms with Gasteiger partial charge in [-0.05, 0) is 61.2 Å². The van der Waals surface area contributed by atoms with Gasteiger partial charge in [0.1, 0.15) is 0 Å². The molecule has 0 bridgehead atoms. The van der Waals surface area contributed by atoms with Crippen LogP contribution in [-0.4, -0.2) is 0 Å². The molecule has 3 aromatic rings. The molecule has 0 amide bonds. The highest BCUT2D eigenvalue weighted by Gasteiger charge is 2.11. The maximum absolute atomic E-state index is 3.70. The number of hydrogen-bond acceptors (Lipinski definition) is 1. The molecule has 130 valence electrons. The van der Waals surface area contributed by atoms with Crippen molar-refractivity contribution >= 4 is 17.1 Å². The summed E-state index contributed by atoms with van der Waals surface area (Å²) in [6.45, 7) is 3.70. The monoisotopic (exact) mass is 339 g/mol. The number of allylic oxidation sites excluding steroid dienone is 3. The van der Waals surface area contributed by atoms with Crippen molar-refractivity contribution in [3.8, 4) is 0 Å². The van der Waals surface area contributed by atoms with Crippen molar-refractivity contribution in [1.29, 1.82) is 0 Å². The summed E-state index contributed by atoms with van der Waals surface area (Å²) < 4.78 is 0. The van der Waals surface area contributed by atoms with E-state index in [0.717, 1.165) is 19.3 Å². The van der Waals surface area contributed by atoms with Crippen LogP contribution in [0.3, 0.4) is 0 Å². The standard InChI is InChI=1S/C25H25N/c1-2-3-4-5-8-13-22-18-20-25(21-19-22)26(23-14-9-6-10-15-23)24-16-11-7-12-17-24/h2-4,6-7,9-12,14-21H,1,5,8,13H2/b4-3+. The molecule has 0 aliphatic carbocycles. The highest BCUT2D eigenvalue weighted by atomic mass is 15.1. The first-order valence-electron chi connectivity index (χ1n) is 9.15. The third-order valence-corrected chi connectivity index (χ3v) is 4.33. The van der Waals surface area contributed by atoms with Crippen LogP contribution in [0.1, 0.15) is 18.4 Å². The molecule has 0 fully saturated rings. The summed E-state index contributed by atoms with van der Waals surface area (Å²) in [6, 6.07) is 29.9. The van der Waals surface area contributed by atoms with E-state index in [0.29, 0.717) is 0 Å². The smallest absolute Gasteiger partial charge is 0.0461 e. The Morgan fingerprint density at radius 1 is 0.692 bits per heavy atom. The first-order chi connectivity index (χ1) is 12.9. The summed E-state index contributed by atoms with van der Waals surface area (Å²) in [5.41, 5.74) is 4.89. The molecule has 0 aliphatic heterocycles. The zero-order chi connectivity index (χ0) is 18.0. The summed E-state index contributed by atoms with van der Waals surface area (Å²) in [4.78, 5) is 2.29. The second-order valence-corrected chi connectivity index (χ2v) is 6.23. The Morgan fingerprint density at radius 3 is 1.77 bits per heavy atom. The number of hydrogen-bond donors (Lipinski definition) is 0. The van der Waals surface area contributed by atoms with Gasteiger partial charge < -0.3 is 4.90 Å². The van der Waals surface area contributed by atoms with E-state index in [-0.39, 0.29) is 0 Å². The highest BCUT2D eigenvalue weighted by Crippen LogP contribution is 2.34. The van der Waals surface area contributed by atoms with Crippen molar-refractivity contribution in [3.05, 3.63) is 115 Å². The number of para-hydroxylation sites is 2. The fraction of sp³-hybridized carbons (Fsp3) is 0.120. The minimum absolute atomic E-state index is 1.09. The number of aryl methyl sites for hydroxylation is 1. The fourth-order valence-electron chi connectivity index (χ4n) is 3.03. The lowest BCUT2D eigenvalue weighted by Gasteiger charge is -2.25. The lowest BCUT2D eigenvalue weighted by Crippen LogP contribution is -2.09. The van der Waals surface area contributed by atoms with Crippen LogP contribution in [0.25, 0.3) is 0 Å². The van der Waals surface area contributed by atoms with E-state index in [1.54, 1.807) is 0 Å². The molecule has 0 aromatic heterocycles. The Balaban J connectivity index is 1.79. The van der Waals surface area contributed by atoms with Gasteiger partial charge in [-0.3, -0.25) is 0 Å². The summed E-state index contributed by atoms with van der Waals surface area (Å²) in [5, 5.41) is 0. The van der Waals surface area contributed by atoms with Crippen LogP contribution in [0.2, 0.25) is 0 Å². The number of anilines is 3. The van der Waals surface area contributed by atoms with Gasteiger partial charge in [0.15, 0.2) is 0 Å². The molecule has 0 N–H and O–H groups in total. The fourth-order valence-corrected chi connectivity index (χ4v) is 3.03. The number of rotatable bonds is 8. The minimum Gasteiger partial charge on any atom is -0.311 e. The van der Waals surface area contributed by atoms with E-state index >= 15 is 0 Å². The molecule has 26 heavy (non-hydrogen) atoms. The molecule has 1 heteroatoms. The Morgan fingerprint density at radius 2 is 1.23 bits per heavy atom. The predicted molar refractivity (Wildman–Crippen MR) is 113 cm³/mol. The first-order valence-corrected chi connectivity index (χ1v) is 9.15. The maximum atomic E-state index is 3.70. The van der Waals surface area contributed by atoms with Gasteiger partial charge in [0.05, 0.1) is 0 Å². The Labute approximate surface area is 156 Å². The zero-order valence-corrected chi connectivity index (χ0v) is 15.1. The molecule has 3 rings (SSSR count). The second-order valence-electron chi connectivity index (χ2n) is 6.23. The molecule has 3 aromatic carbocycles. The van der Waals surface area contributed by atoms with Gasteiger partial charge in [-0.1, -0.05) is 73.3 Å². The molecule has 0 saturated carbocycles. The van der Waals surface area contributed by atoms with Gasteiger partial charge >= 0.3 is 0 Å². The largest absolute Gasteiger partial charge is 0.311 e. The Kier molecular flexibility index (Phi) is 6.44. The van der Waals surface area contributed by atoms with Crippen molar-refractivity contribution in [2.75, 3.05) is 4.90 Å². The first kappa shape index (κ1) is 17.8. The average molecular weight is 339 g/mol. The van der Waals surface area contributed by atoms with Crippen LogP contribution in [-0.2, 0) is 6.42 Å². The second kappa shape index (κ2) is 9.43. The summed E-state index contributed by atoms with van der Waals surface area (Å²) >= 11 is 0. The lowest BCUT2D eigenvalue weighted by molar-refractivity contribution is 0.843. The summed E-state index contributed by atoms with van der Waals surface area (Å²) in [5.74, 6) is 0. The molecule has 0 unspecified atom stereocenters. The van der Waals surface area contributed by atoms with E-state index in [1.165, 1.54) is 22.6 Å². The highest BCUT2D eigenvalue weighted by molar-refractivity contribution is 5.76. The normalized spacial score (nSPS) is 10.8. The van der Waals surface area contributed by atoms with Gasteiger partial charge in [-0.15, -0.1) is 0 Å². The van der Waals surface area contributed by atoms with E-state index in [2.05, 4.69) is 102 Å². The molecule has 0 aliphatic rings. The lowest BCUT2D eigenvalue weighted by atomic mass is 10.1. The van der Waals surface area contributed by atoms with Gasteiger partial charge in [0, 0.05) is 17.1 Å². The van der Waals surface area contributed by atoms with Crippen molar-refractivity contribution in [1.82, 2.24) is 0 Å². The van der Waals surface area contributed by atoms with E-state index in [4.69, 9.17) is 0 Å². The molecule has 0 heterocycles. The van der Waals surface area contributed by atoms with Crippen molar-refractivity contribution in [2.24, 2.45) is 0 Å². The quantitative estimate of drug-likeness (QED) is 0.309.